The zero-order chi connectivity index (χ0) is 4.69. The lowest BCUT2D eigenvalue weighted by Crippen LogP contribution is -2.12. The summed E-state index contributed by atoms with van der Waals surface area (Å²) < 4.78 is 15.0. The molecule has 0 spiro atoms. The average molecular weight is 120 g/mol. The van der Waals surface area contributed by atoms with Crippen molar-refractivity contribution in [1.82, 2.24) is 0 Å². The van der Waals surface area contributed by atoms with Crippen LogP contribution in [0.4, 0.5) is 0 Å². The molecule has 2 aliphatic heterocycles. The molecule has 0 aromatic carbocycles. The SMILES string of the molecule is C1OP2OCC1O2. The molecular weight excluding hydrogens is 115 g/mol. The fraction of sp³-hybridized carbons (Fsp3) is 1.00. The van der Waals surface area contributed by atoms with Crippen LogP contribution in [0.1, 0.15) is 0 Å². The normalized spacial score (nSPS) is 48.0. The predicted molar refractivity (Wildman–Crippen MR) is 23.7 cm³/mol. The Morgan fingerprint density at radius 1 is 1.29 bits per heavy atom. The summed E-state index contributed by atoms with van der Waals surface area (Å²) in [4.78, 5) is 0. The molecule has 2 rings (SSSR count). The van der Waals surface area contributed by atoms with Gasteiger partial charge in [-0.2, -0.15) is 0 Å². The van der Waals surface area contributed by atoms with Crippen molar-refractivity contribution < 1.29 is 13.6 Å². The van der Waals surface area contributed by atoms with E-state index in [9.17, 15) is 0 Å². The Bertz CT molecular complexity index is 68.2. The molecule has 0 radical (unpaired) electrons. The van der Waals surface area contributed by atoms with Crippen LogP contribution in [0.3, 0.4) is 0 Å². The van der Waals surface area contributed by atoms with Crippen molar-refractivity contribution in [2.45, 2.75) is 6.10 Å². The number of fused-ring (bicyclic) bond motifs is 2. The van der Waals surface area contributed by atoms with Gasteiger partial charge in [0.2, 0.25) is 0 Å². The Kier molecular flexibility index (Phi) is 0.837. The molecule has 7 heavy (non-hydrogen) atoms. The van der Waals surface area contributed by atoms with Crippen molar-refractivity contribution in [2.75, 3.05) is 13.2 Å². The molecule has 0 aliphatic carbocycles. The predicted octanol–water partition coefficient (Wildman–Crippen LogP) is 0.659. The second-order valence-corrected chi connectivity index (χ2v) is 2.72. The maximum atomic E-state index is 5.09. The van der Waals surface area contributed by atoms with E-state index in [-0.39, 0.29) is 6.10 Å². The molecule has 0 aromatic heterocycles. The maximum Gasteiger partial charge on any atom is 0.333 e. The van der Waals surface area contributed by atoms with Crippen molar-refractivity contribution in [2.24, 2.45) is 0 Å². The molecule has 2 aliphatic rings. The Labute approximate surface area is 42.6 Å². The van der Waals surface area contributed by atoms with Gasteiger partial charge in [0.25, 0.3) is 0 Å². The number of rotatable bonds is 0. The smallest absolute Gasteiger partial charge is 0.309 e. The lowest BCUT2D eigenvalue weighted by atomic mass is 10.4. The Hall–Kier alpha value is 0.310. The molecule has 0 atom stereocenters. The fourth-order valence-corrected chi connectivity index (χ4v) is 1.75. The first kappa shape index (κ1) is 4.21. The first-order chi connectivity index (χ1) is 3.45. The van der Waals surface area contributed by atoms with Gasteiger partial charge < -0.3 is 13.6 Å². The molecular formula is C3H5O3P. The number of hydrogen-bond donors (Lipinski definition) is 0. The molecule has 0 N–H and O–H groups in total. The standard InChI is InChI=1S/C3H5O3P/c1-3-2-5-7(4-1)6-3/h3H,1-2H2. The fourth-order valence-electron chi connectivity index (χ4n) is 0.617. The minimum Gasteiger partial charge on any atom is -0.309 e. The topological polar surface area (TPSA) is 27.7 Å². The van der Waals surface area contributed by atoms with Crippen LogP contribution in [-0.2, 0) is 13.6 Å². The molecule has 2 heterocycles. The van der Waals surface area contributed by atoms with Crippen molar-refractivity contribution in [3.63, 3.8) is 0 Å². The van der Waals surface area contributed by atoms with E-state index < -0.39 is 8.60 Å². The maximum absolute atomic E-state index is 5.09. The van der Waals surface area contributed by atoms with Crippen molar-refractivity contribution >= 4 is 8.60 Å². The lowest BCUT2D eigenvalue weighted by Gasteiger charge is -2.02. The van der Waals surface area contributed by atoms with Crippen LogP contribution in [0.2, 0.25) is 0 Å². The van der Waals surface area contributed by atoms with E-state index in [0.29, 0.717) is 0 Å². The molecule has 2 saturated heterocycles. The second kappa shape index (κ2) is 1.39. The Morgan fingerprint density at radius 2 is 2.00 bits per heavy atom. The van der Waals surface area contributed by atoms with E-state index >= 15 is 0 Å². The number of hydrogen-bond acceptors (Lipinski definition) is 3. The highest BCUT2D eigenvalue weighted by Crippen LogP contribution is 2.51. The molecule has 0 aromatic rings. The zero-order valence-corrected chi connectivity index (χ0v) is 4.56. The third-order valence-electron chi connectivity index (χ3n) is 0.967. The minimum absolute atomic E-state index is 0.256. The molecule has 0 saturated carbocycles. The highest BCUT2D eigenvalue weighted by molar-refractivity contribution is 7.42. The van der Waals surface area contributed by atoms with E-state index in [0.717, 1.165) is 13.2 Å². The highest BCUT2D eigenvalue weighted by atomic mass is 31.2. The van der Waals surface area contributed by atoms with Crippen LogP contribution in [0, 0.1) is 0 Å². The van der Waals surface area contributed by atoms with Crippen molar-refractivity contribution in [3.8, 4) is 0 Å². The van der Waals surface area contributed by atoms with Crippen LogP contribution < -0.4 is 0 Å². The molecule has 0 amide bonds. The van der Waals surface area contributed by atoms with Crippen LogP contribution >= 0.6 is 8.60 Å². The summed E-state index contributed by atoms with van der Waals surface area (Å²) in [5.41, 5.74) is 0. The molecule has 4 heteroatoms. The third kappa shape index (κ3) is 0.572. The van der Waals surface area contributed by atoms with Gasteiger partial charge in [-0.05, 0) is 0 Å². The molecule has 2 fully saturated rings. The van der Waals surface area contributed by atoms with E-state index in [4.69, 9.17) is 13.6 Å². The van der Waals surface area contributed by atoms with Crippen molar-refractivity contribution in [1.29, 1.82) is 0 Å². The van der Waals surface area contributed by atoms with Gasteiger partial charge in [-0.3, -0.25) is 0 Å². The highest BCUT2D eigenvalue weighted by Gasteiger charge is 2.36. The van der Waals surface area contributed by atoms with Gasteiger partial charge in [-0.1, -0.05) is 0 Å². The molecule has 2 bridgehead atoms. The third-order valence-corrected chi connectivity index (χ3v) is 2.16. The first-order valence-corrected chi connectivity index (χ1v) is 3.27. The Balaban J connectivity index is 2.12. The van der Waals surface area contributed by atoms with E-state index in [1.54, 1.807) is 0 Å². The van der Waals surface area contributed by atoms with E-state index in [1.165, 1.54) is 0 Å². The summed E-state index contributed by atoms with van der Waals surface area (Å²) >= 11 is 0. The van der Waals surface area contributed by atoms with Crippen LogP contribution in [0.15, 0.2) is 0 Å². The lowest BCUT2D eigenvalue weighted by molar-refractivity contribution is 0.179. The second-order valence-electron chi connectivity index (χ2n) is 1.54. The van der Waals surface area contributed by atoms with Crippen LogP contribution in [0.25, 0.3) is 0 Å². The van der Waals surface area contributed by atoms with E-state index in [2.05, 4.69) is 0 Å². The van der Waals surface area contributed by atoms with Crippen molar-refractivity contribution in [3.05, 3.63) is 0 Å². The van der Waals surface area contributed by atoms with E-state index in [1.807, 2.05) is 0 Å². The summed E-state index contributed by atoms with van der Waals surface area (Å²) in [5, 5.41) is 0. The summed E-state index contributed by atoms with van der Waals surface area (Å²) in [7, 11) is -0.869. The van der Waals surface area contributed by atoms with Gasteiger partial charge in [-0.25, -0.2) is 0 Å². The van der Waals surface area contributed by atoms with Crippen LogP contribution in [-0.4, -0.2) is 19.3 Å². The van der Waals surface area contributed by atoms with Gasteiger partial charge in [0, 0.05) is 0 Å². The summed E-state index contributed by atoms with van der Waals surface area (Å²) in [6.45, 7) is 1.48. The summed E-state index contributed by atoms with van der Waals surface area (Å²) in [5.74, 6) is 0. The molecule has 3 nitrogen and oxygen atoms in total. The van der Waals surface area contributed by atoms with Crippen LogP contribution in [0.5, 0.6) is 0 Å². The quantitative estimate of drug-likeness (QED) is 0.439. The van der Waals surface area contributed by atoms with Gasteiger partial charge in [0.1, 0.15) is 6.10 Å². The van der Waals surface area contributed by atoms with Gasteiger partial charge in [-0.15, -0.1) is 0 Å². The minimum atomic E-state index is -0.869. The molecule has 40 valence electrons. The van der Waals surface area contributed by atoms with Gasteiger partial charge >= 0.3 is 8.60 Å². The largest absolute Gasteiger partial charge is 0.333 e. The zero-order valence-electron chi connectivity index (χ0n) is 3.66. The monoisotopic (exact) mass is 120 g/mol. The Morgan fingerprint density at radius 3 is 2.14 bits per heavy atom. The summed E-state index contributed by atoms with van der Waals surface area (Å²) in [6, 6.07) is 0. The molecule has 0 unspecified atom stereocenters. The average Bonchev–Trinajstić information content (AvgIpc) is 2.22. The van der Waals surface area contributed by atoms with Gasteiger partial charge in [0.15, 0.2) is 0 Å². The van der Waals surface area contributed by atoms with Gasteiger partial charge in [0.05, 0.1) is 13.2 Å². The summed E-state index contributed by atoms with van der Waals surface area (Å²) in [6.07, 6.45) is 0.256. The first-order valence-electron chi connectivity index (χ1n) is 2.18.